The summed E-state index contributed by atoms with van der Waals surface area (Å²) in [5, 5.41) is 6.67. The minimum Gasteiger partial charge on any atom is -0.380 e. The highest BCUT2D eigenvalue weighted by Gasteiger charge is 2.12. The van der Waals surface area contributed by atoms with Gasteiger partial charge in [0.1, 0.15) is 0 Å². The van der Waals surface area contributed by atoms with E-state index in [1.165, 1.54) is 0 Å². The van der Waals surface area contributed by atoms with E-state index in [9.17, 15) is 0 Å². The monoisotopic (exact) mass is 202 g/mol. The number of ether oxygens (including phenoxy) is 2. The Morgan fingerprint density at radius 1 is 1.64 bits per heavy atom. The maximum Gasteiger partial charge on any atom is 0.0712 e. The molecule has 0 saturated carbocycles. The van der Waals surface area contributed by atoms with Crippen molar-refractivity contribution in [3.05, 3.63) is 0 Å². The van der Waals surface area contributed by atoms with Gasteiger partial charge in [0.25, 0.3) is 0 Å². The molecule has 14 heavy (non-hydrogen) atoms. The minimum atomic E-state index is 0.292. The minimum absolute atomic E-state index is 0.292. The number of hydrogen-bond donors (Lipinski definition) is 2. The third-order valence-corrected chi connectivity index (χ3v) is 2.48. The van der Waals surface area contributed by atoms with E-state index < -0.39 is 0 Å². The van der Waals surface area contributed by atoms with E-state index in [1.807, 2.05) is 0 Å². The third kappa shape index (κ3) is 4.91. The molecule has 0 spiro atoms. The largest absolute Gasteiger partial charge is 0.380 e. The lowest BCUT2D eigenvalue weighted by atomic mass is 10.2. The Morgan fingerprint density at radius 3 is 3.14 bits per heavy atom. The Hall–Kier alpha value is -0.160. The van der Waals surface area contributed by atoms with Crippen LogP contribution in [-0.2, 0) is 9.47 Å². The molecule has 4 heteroatoms. The van der Waals surface area contributed by atoms with Gasteiger partial charge in [-0.1, -0.05) is 0 Å². The molecule has 0 bridgehead atoms. The molecule has 1 saturated heterocycles. The van der Waals surface area contributed by atoms with Gasteiger partial charge in [-0.15, -0.1) is 0 Å². The normalized spacial score (nSPS) is 24.9. The second kappa shape index (κ2) is 7.17. The Bertz CT molecular complexity index is 138. The molecule has 0 aliphatic carbocycles. The highest BCUT2D eigenvalue weighted by Crippen LogP contribution is 1.99. The van der Waals surface area contributed by atoms with Crippen LogP contribution < -0.4 is 10.6 Å². The topological polar surface area (TPSA) is 42.5 Å². The van der Waals surface area contributed by atoms with Crippen LogP contribution in [0.25, 0.3) is 0 Å². The van der Waals surface area contributed by atoms with Crippen LogP contribution in [0.5, 0.6) is 0 Å². The van der Waals surface area contributed by atoms with Crippen molar-refractivity contribution in [2.45, 2.75) is 25.6 Å². The zero-order valence-electron chi connectivity index (χ0n) is 9.21. The van der Waals surface area contributed by atoms with Crippen molar-refractivity contribution < 1.29 is 9.47 Å². The fourth-order valence-corrected chi connectivity index (χ4v) is 1.46. The Kier molecular flexibility index (Phi) is 6.10. The van der Waals surface area contributed by atoms with E-state index in [4.69, 9.17) is 9.47 Å². The molecule has 1 fully saturated rings. The summed E-state index contributed by atoms with van der Waals surface area (Å²) in [4.78, 5) is 0. The van der Waals surface area contributed by atoms with Crippen molar-refractivity contribution in [2.75, 3.05) is 39.9 Å². The molecular formula is C10H22N2O2. The summed E-state index contributed by atoms with van der Waals surface area (Å²) in [6.07, 6.45) is 1.75. The fourth-order valence-electron chi connectivity index (χ4n) is 1.46. The van der Waals surface area contributed by atoms with Crippen LogP contribution in [0.2, 0.25) is 0 Å². The molecule has 0 aromatic heterocycles. The van der Waals surface area contributed by atoms with E-state index in [0.717, 1.165) is 39.2 Å². The van der Waals surface area contributed by atoms with Gasteiger partial charge in [0.15, 0.2) is 0 Å². The van der Waals surface area contributed by atoms with Gasteiger partial charge in [0.2, 0.25) is 0 Å². The summed E-state index contributed by atoms with van der Waals surface area (Å²) in [7, 11) is 1.74. The van der Waals surface area contributed by atoms with Gasteiger partial charge < -0.3 is 20.1 Å². The van der Waals surface area contributed by atoms with Gasteiger partial charge in [-0.3, -0.25) is 0 Å². The molecule has 0 radical (unpaired) electrons. The van der Waals surface area contributed by atoms with Crippen molar-refractivity contribution in [1.82, 2.24) is 10.6 Å². The molecule has 1 aliphatic rings. The maximum absolute atomic E-state index is 5.58. The standard InChI is InChI=1S/C10H22N2O2/c1-9(13-2)7-11-4-3-10-8-12-5-6-14-10/h9-12H,3-8H2,1-2H3. The van der Waals surface area contributed by atoms with Crippen molar-refractivity contribution in [3.8, 4) is 0 Å². The molecule has 0 aromatic carbocycles. The lowest BCUT2D eigenvalue weighted by Crippen LogP contribution is -2.40. The quantitative estimate of drug-likeness (QED) is 0.595. The smallest absolute Gasteiger partial charge is 0.0712 e. The average Bonchev–Trinajstić information content (AvgIpc) is 2.25. The van der Waals surface area contributed by atoms with Crippen molar-refractivity contribution >= 4 is 0 Å². The first-order valence-electron chi connectivity index (χ1n) is 5.38. The number of morpholine rings is 1. The van der Waals surface area contributed by atoms with Gasteiger partial charge in [0, 0.05) is 26.7 Å². The van der Waals surface area contributed by atoms with Gasteiger partial charge in [-0.2, -0.15) is 0 Å². The molecule has 2 unspecified atom stereocenters. The summed E-state index contributed by atoms with van der Waals surface area (Å²) in [5.41, 5.74) is 0. The zero-order chi connectivity index (χ0) is 10.2. The summed E-state index contributed by atoms with van der Waals surface area (Å²) >= 11 is 0. The first kappa shape index (κ1) is 11.9. The number of nitrogens with one attached hydrogen (secondary N) is 2. The van der Waals surface area contributed by atoms with Gasteiger partial charge in [0.05, 0.1) is 18.8 Å². The highest BCUT2D eigenvalue weighted by atomic mass is 16.5. The third-order valence-electron chi connectivity index (χ3n) is 2.48. The molecule has 4 nitrogen and oxygen atoms in total. The van der Waals surface area contributed by atoms with Crippen LogP contribution >= 0.6 is 0 Å². The van der Waals surface area contributed by atoms with Crippen LogP contribution in [0.3, 0.4) is 0 Å². The molecular weight excluding hydrogens is 180 g/mol. The maximum atomic E-state index is 5.58. The highest BCUT2D eigenvalue weighted by molar-refractivity contribution is 4.68. The zero-order valence-corrected chi connectivity index (χ0v) is 9.21. The molecule has 0 amide bonds. The lowest BCUT2D eigenvalue weighted by Gasteiger charge is -2.23. The molecule has 1 rings (SSSR count). The number of hydrogen-bond acceptors (Lipinski definition) is 4. The summed E-state index contributed by atoms with van der Waals surface area (Å²) in [6, 6.07) is 0. The summed E-state index contributed by atoms with van der Waals surface area (Å²) in [5.74, 6) is 0. The van der Waals surface area contributed by atoms with Crippen LogP contribution in [0, 0.1) is 0 Å². The van der Waals surface area contributed by atoms with Gasteiger partial charge in [-0.05, 0) is 19.9 Å². The predicted molar refractivity (Wildman–Crippen MR) is 56.6 cm³/mol. The predicted octanol–water partition coefficient (Wildman–Crippen LogP) is -0.0106. The van der Waals surface area contributed by atoms with Crippen molar-refractivity contribution in [3.63, 3.8) is 0 Å². The first-order valence-corrected chi connectivity index (χ1v) is 5.38. The summed E-state index contributed by atoms with van der Waals surface area (Å²) < 4.78 is 10.7. The van der Waals surface area contributed by atoms with E-state index in [2.05, 4.69) is 17.6 Å². The molecule has 0 aromatic rings. The number of methoxy groups -OCH3 is 1. The molecule has 1 aliphatic heterocycles. The van der Waals surface area contributed by atoms with E-state index in [-0.39, 0.29) is 0 Å². The van der Waals surface area contributed by atoms with Crippen LogP contribution in [0.15, 0.2) is 0 Å². The fraction of sp³-hybridized carbons (Fsp3) is 1.00. The Morgan fingerprint density at radius 2 is 2.50 bits per heavy atom. The average molecular weight is 202 g/mol. The Balaban J connectivity index is 1.92. The SMILES string of the molecule is COC(C)CNCCC1CNCCO1. The van der Waals surface area contributed by atoms with Crippen molar-refractivity contribution in [2.24, 2.45) is 0 Å². The van der Waals surface area contributed by atoms with E-state index in [0.29, 0.717) is 12.2 Å². The van der Waals surface area contributed by atoms with Crippen LogP contribution in [0.4, 0.5) is 0 Å². The molecule has 1 heterocycles. The van der Waals surface area contributed by atoms with Crippen LogP contribution in [-0.4, -0.2) is 52.1 Å². The lowest BCUT2D eigenvalue weighted by molar-refractivity contribution is 0.0231. The molecule has 2 N–H and O–H groups in total. The summed E-state index contributed by atoms with van der Waals surface area (Å²) in [6.45, 7) is 6.80. The van der Waals surface area contributed by atoms with Gasteiger partial charge in [-0.25, -0.2) is 0 Å². The first-order chi connectivity index (χ1) is 6.83. The second-order valence-electron chi connectivity index (χ2n) is 3.74. The Labute approximate surface area is 86.3 Å². The molecule has 84 valence electrons. The van der Waals surface area contributed by atoms with Gasteiger partial charge >= 0.3 is 0 Å². The van der Waals surface area contributed by atoms with Crippen LogP contribution in [0.1, 0.15) is 13.3 Å². The van der Waals surface area contributed by atoms with Crippen molar-refractivity contribution in [1.29, 1.82) is 0 Å². The van der Waals surface area contributed by atoms with E-state index in [1.54, 1.807) is 7.11 Å². The number of rotatable bonds is 6. The second-order valence-corrected chi connectivity index (χ2v) is 3.74. The molecule has 2 atom stereocenters. The van der Waals surface area contributed by atoms with E-state index >= 15 is 0 Å².